The minimum atomic E-state index is -1.53. The van der Waals surface area contributed by atoms with Gasteiger partial charge in [0, 0.05) is 6.42 Å². The lowest BCUT2D eigenvalue weighted by Gasteiger charge is -2.27. The van der Waals surface area contributed by atoms with E-state index in [0.29, 0.717) is 13.0 Å². The van der Waals surface area contributed by atoms with Crippen LogP contribution >= 0.6 is 0 Å². The van der Waals surface area contributed by atoms with Crippen molar-refractivity contribution in [3.05, 3.63) is 0 Å². The molecule has 17 heteroatoms. The second kappa shape index (κ2) is 18.0. The van der Waals surface area contributed by atoms with E-state index in [0.717, 1.165) is 0 Å². The summed E-state index contributed by atoms with van der Waals surface area (Å²) in [6, 6.07) is -6.24. The molecule has 6 atom stereocenters. The Morgan fingerprint density at radius 1 is 0.769 bits per heavy atom. The number of carboxylic acid groups (broad SMARTS) is 1. The minimum Gasteiger partial charge on any atom is -0.480 e. The molecule has 0 radical (unpaired) electrons. The molecule has 0 aromatic rings. The Morgan fingerprint density at radius 2 is 1.31 bits per heavy atom. The molecule has 0 aromatic carbocycles. The Bertz CT molecular complexity index is 853. The molecule has 17 nitrogen and oxygen atoms in total. The molecule has 0 aliphatic heterocycles. The van der Waals surface area contributed by atoms with Crippen molar-refractivity contribution in [2.24, 2.45) is 22.9 Å². The number of aliphatic carboxylic acids is 1. The number of nitrogens with one attached hydrogen (secondary N) is 5. The Morgan fingerprint density at radius 3 is 1.77 bits per heavy atom. The summed E-state index contributed by atoms with van der Waals surface area (Å²) in [5.74, 6) is -5.35. The molecule has 39 heavy (non-hydrogen) atoms. The summed E-state index contributed by atoms with van der Waals surface area (Å²) in [4.78, 5) is 73.1. The van der Waals surface area contributed by atoms with E-state index in [-0.39, 0.29) is 25.7 Å². The van der Waals surface area contributed by atoms with Crippen molar-refractivity contribution in [1.82, 2.24) is 26.6 Å². The highest BCUT2D eigenvalue weighted by Gasteiger charge is 2.33. The van der Waals surface area contributed by atoms with Crippen molar-refractivity contribution in [2.45, 2.75) is 95.5 Å². The third-order valence-corrected chi connectivity index (χ3v) is 5.49. The summed E-state index contributed by atoms with van der Waals surface area (Å²) in [7, 11) is 0. The van der Waals surface area contributed by atoms with Crippen LogP contribution in [0.5, 0.6) is 0 Å². The molecule has 0 unspecified atom stereocenters. The summed E-state index contributed by atoms with van der Waals surface area (Å²) in [6.07, 6.45) is -2.24. The number of primary amides is 1. The highest BCUT2D eigenvalue weighted by molar-refractivity contribution is 5.95. The lowest BCUT2D eigenvalue weighted by atomic mass is 10.1. The van der Waals surface area contributed by atoms with Crippen LogP contribution in [0.25, 0.3) is 0 Å². The van der Waals surface area contributed by atoms with Gasteiger partial charge in [-0.1, -0.05) is 6.92 Å². The van der Waals surface area contributed by atoms with E-state index in [4.69, 9.17) is 22.9 Å². The van der Waals surface area contributed by atoms with Crippen LogP contribution in [-0.2, 0) is 28.8 Å². The van der Waals surface area contributed by atoms with Gasteiger partial charge in [-0.25, -0.2) is 4.79 Å². The number of carbonyl (C=O) groups is 6. The van der Waals surface area contributed by atoms with Crippen LogP contribution in [0.1, 0.15) is 52.9 Å². The normalized spacial score (nSPS) is 15.7. The summed E-state index contributed by atoms with van der Waals surface area (Å²) in [5, 5.41) is 31.7. The molecule has 0 heterocycles. The smallest absolute Gasteiger partial charge is 0.326 e. The van der Waals surface area contributed by atoms with Gasteiger partial charge in [0.25, 0.3) is 0 Å². The third kappa shape index (κ3) is 14.4. The molecule has 15 N–H and O–H groups in total. The van der Waals surface area contributed by atoms with Crippen LogP contribution in [0.4, 0.5) is 0 Å². The zero-order valence-corrected chi connectivity index (χ0v) is 22.4. The second-order valence-electron chi connectivity index (χ2n) is 9.07. The molecular formula is C22H43N9O8. The van der Waals surface area contributed by atoms with Crippen LogP contribution in [0.3, 0.4) is 0 Å². The van der Waals surface area contributed by atoms with Gasteiger partial charge in [-0.05, 0) is 46.1 Å². The Kier molecular flexibility index (Phi) is 16.4. The monoisotopic (exact) mass is 561 g/mol. The number of hydrogen-bond donors (Lipinski definition) is 11. The van der Waals surface area contributed by atoms with Crippen LogP contribution in [0.15, 0.2) is 0 Å². The van der Waals surface area contributed by atoms with Crippen molar-refractivity contribution in [1.29, 1.82) is 0 Å². The van der Waals surface area contributed by atoms with Crippen LogP contribution < -0.4 is 49.5 Å². The molecule has 0 aromatic heterocycles. The number of carbonyl (C=O) groups excluding carboxylic acids is 5. The van der Waals surface area contributed by atoms with E-state index >= 15 is 0 Å². The molecule has 0 spiro atoms. The fourth-order valence-corrected chi connectivity index (χ4v) is 3.24. The molecule has 0 bridgehead atoms. The van der Waals surface area contributed by atoms with Crippen molar-refractivity contribution in [3.8, 4) is 0 Å². The van der Waals surface area contributed by atoms with Crippen LogP contribution in [-0.4, -0.2) is 94.9 Å². The highest BCUT2D eigenvalue weighted by Crippen LogP contribution is 2.04. The van der Waals surface area contributed by atoms with Gasteiger partial charge in [0.15, 0.2) is 0 Å². The van der Waals surface area contributed by atoms with Gasteiger partial charge in [0.1, 0.15) is 30.5 Å². The molecule has 0 saturated heterocycles. The lowest BCUT2D eigenvalue weighted by Crippen LogP contribution is -2.60. The van der Waals surface area contributed by atoms with Gasteiger partial charge in [-0.3, -0.25) is 29.3 Å². The Hall–Kier alpha value is -3.38. The van der Waals surface area contributed by atoms with E-state index in [2.05, 4.69) is 26.6 Å². The molecule has 0 aliphatic carbocycles. The van der Waals surface area contributed by atoms with Crippen molar-refractivity contribution >= 4 is 35.5 Å². The van der Waals surface area contributed by atoms with Crippen LogP contribution in [0.2, 0.25) is 0 Å². The van der Waals surface area contributed by atoms with E-state index in [9.17, 15) is 39.0 Å². The molecule has 0 aliphatic rings. The standard InChI is InChI=1S/C22H43N9O8/c1-4-12(18(35)30-14(21(38)39)7-8-15(24)33)28-20(37)16(11(3)32)31-19(36)13(29-17(34)10(2)23)6-5-9-27-22(25)26/h10-14,16,22,27,32H,4-9,23,25-26H2,1-3H3,(H2,24,33)(H,28,37)(H,29,34)(H,30,35)(H,31,36)(H,38,39)/t10-,11+,12-,13-,14-,16-/m0/s1. The first-order valence-electron chi connectivity index (χ1n) is 12.5. The molecule has 5 amide bonds. The maximum Gasteiger partial charge on any atom is 0.326 e. The van der Waals surface area contributed by atoms with Gasteiger partial charge < -0.3 is 54.4 Å². The topological polar surface area (TPSA) is 307 Å². The highest BCUT2D eigenvalue weighted by atomic mass is 16.4. The summed E-state index contributed by atoms with van der Waals surface area (Å²) < 4.78 is 0. The fourth-order valence-electron chi connectivity index (χ4n) is 3.24. The van der Waals surface area contributed by atoms with Gasteiger partial charge in [-0.15, -0.1) is 0 Å². The molecule has 0 saturated carbocycles. The zero-order chi connectivity index (χ0) is 30.3. The fraction of sp³-hybridized carbons (Fsp3) is 0.727. The third-order valence-electron chi connectivity index (χ3n) is 5.49. The van der Waals surface area contributed by atoms with Gasteiger partial charge in [0.05, 0.1) is 12.1 Å². The predicted molar refractivity (Wildman–Crippen MR) is 139 cm³/mol. The number of aliphatic hydroxyl groups excluding tert-OH is 1. The summed E-state index contributed by atoms with van der Waals surface area (Å²) in [6.45, 7) is 4.52. The molecular weight excluding hydrogens is 518 g/mol. The first-order chi connectivity index (χ1) is 18.1. The number of amides is 5. The summed E-state index contributed by atoms with van der Waals surface area (Å²) >= 11 is 0. The Balaban J connectivity index is 5.48. The number of carboxylic acids is 1. The van der Waals surface area contributed by atoms with Crippen molar-refractivity contribution < 1.29 is 39.0 Å². The van der Waals surface area contributed by atoms with E-state index < -0.39 is 78.1 Å². The number of aliphatic hydroxyl groups is 1. The summed E-state index contributed by atoms with van der Waals surface area (Å²) in [5.41, 5.74) is 21.4. The quantitative estimate of drug-likeness (QED) is 0.0521. The van der Waals surface area contributed by atoms with E-state index in [1.54, 1.807) is 6.92 Å². The average molecular weight is 562 g/mol. The maximum absolute atomic E-state index is 13.0. The van der Waals surface area contributed by atoms with Crippen molar-refractivity contribution in [3.63, 3.8) is 0 Å². The number of nitrogens with two attached hydrogens (primary N) is 4. The van der Waals surface area contributed by atoms with Crippen molar-refractivity contribution in [2.75, 3.05) is 6.54 Å². The average Bonchev–Trinajstić information content (AvgIpc) is 2.83. The molecule has 0 fully saturated rings. The predicted octanol–water partition coefficient (Wildman–Crippen LogP) is -5.02. The van der Waals surface area contributed by atoms with E-state index in [1.165, 1.54) is 13.8 Å². The van der Waals surface area contributed by atoms with Gasteiger partial charge in [-0.2, -0.15) is 0 Å². The zero-order valence-electron chi connectivity index (χ0n) is 22.4. The lowest BCUT2D eigenvalue weighted by molar-refractivity contribution is -0.142. The second-order valence-corrected chi connectivity index (χ2v) is 9.07. The van der Waals surface area contributed by atoms with Gasteiger partial charge >= 0.3 is 5.97 Å². The van der Waals surface area contributed by atoms with Gasteiger partial charge in [0.2, 0.25) is 29.5 Å². The SMILES string of the molecule is CC[C@H](NC(=O)[C@@H](NC(=O)[C@H](CCCNC(N)N)NC(=O)[C@H](C)N)[C@@H](C)O)C(=O)N[C@@H](CCC(N)=O)C(=O)O. The Labute approximate surface area is 226 Å². The van der Waals surface area contributed by atoms with E-state index in [1.807, 2.05) is 0 Å². The number of hydrogen-bond acceptors (Lipinski definition) is 11. The number of rotatable bonds is 19. The molecule has 0 rings (SSSR count). The maximum atomic E-state index is 13.0. The molecule has 224 valence electrons. The van der Waals surface area contributed by atoms with Crippen LogP contribution in [0, 0.1) is 0 Å². The first kappa shape index (κ1) is 35.6. The largest absolute Gasteiger partial charge is 0.480 e. The first-order valence-corrected chi connectivity index (χ1v) is 12.5. The minimum absolute atomic E-state index is 0.0313.